The summed E-state index contributed by atoms with van der Waals surface area (Å²) in [5, 5.41) is 4.19. The molecule has 2 amide bonds. The molecular weight excluding hydrogens is 378 g/mol. The van der Waals surface area contributed by atoms with Crippen molar-refractivity contribution in [3.63, 3.8) is 0 Å². The zero-order valence-electron chi connectivity index (χ0n) is 14.0. The molecule has 1 heterocycles. The fraction of sp³-hybridized carbons (Fsp3) is 0.222. The molecule has 142 valence electrons. The van der Waals surface area contributed by atoms with Crippen molar-refractivity contribution in [1.82, 2.24) is 5.32 Å². The lowest BCUT2D eigenvalue weighted by molar-refractivity contribution is -0.137. The minimum absolute atomic E-state index is 0.150. The van der Waals surface area contributed by atoms with Crippen LogP contribution < -0.4 is 21.5 Å². The summed E-state index contributed by atoms with van der Waals surface area (Å²) in [6.45, 7) is 0.150. The normalized spacial score (nSPS) is 19.7. The van der Waals surface area contributed by atoms with Crippen LogP contribution in [-0.4, -0.2) is 18.4 Å². The standard InChI is InChI=1S/C18H17F3N3O2P/c19-18(20,21)11-7-5-10(6-8-11)12-9-23-16(25)15(12)17(26)24(22)13-3-1-2-4-14(13)27/h1-8,12,15H,9,22,27H2,(H,23,25). The number of anilines is 1. The molecule has 1 aliphatic rings. The number of hydrogen-bond donors (Lipinski definition) is 2. The molecule has 0 aromatic heterocycles. The van der Waals surface area contributed by atoms with Gasteiger partial charge < -0.3 is 5.32 Å². The summed E-state index contributed by atoms with van der Waals surface area (Å²) in [4.78, 5) is 25.1. The predicted molar refractivity (Wildman–Crippen MR) is 98.1 cm³/mol. The van der Waals surface area contributed by atoms with E-state index >= 15 is 0 Å². The topological polar surface area (TPSA) is 75.4 Å². The van der Waals surface area contributed by atoms with Gasteiger partial charge in [-0.25, -0.2) is 10.9 Å². The summed E-state index contributed by atoms with van der Waals surface area (Å²) < 4.78 is 38.2. The van der Waals surface area contributed by atoms with Crippen molar-refractivity contribution in [2.75, 3.05) is 11.6 Å². The van der Waals surface area contributed by atoms with Gasteiger partial charge in [-0.3, -0.25) is 9.59 Å². The van der Waals surface area contributed by atoms with E-state index < -0.39 is 35.4 Å². The molecule has 2 aromatic carbocycles. The van der Waals surface area contributed by atoms with Gasteiger partial charge in [0.2, 0.25) is 5.91 Å². The van der Waals surface area contributed by atoms with Gasteiger partial charge in [0.15, 0.2) is 0 Å². The van der Waals surface area contributed by atoms with E-state index in [1.54, 1.807) is 24.3 Å². The maximum Gasteiger partial charge on any atom is 0.416 e. The molecule has 3 unspecified atom stereocenters. The van der Waals surface area contributed by atoms with Crippen LogP contribution in [0.3, 0.4) is 0 Å². The molecule has 1 saturated heterocycles. The van der Waals surface area contributed by atoms with Crippen molar-refractivity contribution in [3.05, 3.63) is 59.7 Å². The molecule has 3 N–H and O–H groups in total. The molecule has 0 aliphatic carbocycles. The number of carbonyl (C=O) groups excluding carboxylic acids is 2. The number of carbonyl (C=O) groups is 2. The zero-order chi connectivity index (χ0) is 19.8. The monoisotopic (exact) mass is 395 g/mol. The number of amides is 2. The minimum Gasteiger partial charge on any atom is -0.355 e. The fourth-order valence-electron chi connectivity index (χ4n) is 3.11. The maximum atomic E-state index is 12.9. The first-order valence-corrected chi connectivity index (χ1v) is 8.66. The Balaban J connectivity index is 1.88. The van der Waals surface area contributed by atoms with Gasteiger partial charge in [-0.05, 0) is 29.1 Å². The Hall–Kier alpha value is -2.44. The van der Waals surface area contributed by atoms with Gasteiger partial charge >= 0.3 is 6.18 Å². The number of rotatable bonds is 3. The Kier molecular flexibility index (Phi) is 5.22. The molecule has 5 nitrogen and oxygen atoms in total. The van der Waals surface area contributed by atoms with Gasteiger partial charge in [0.1, 0.15) is 5.92 Å². The summed E-state index contributed by atoms with van der Waals surface area (Å²) in [7, 11) is 2.45. The Morgan fingerprint density at radius 3 is 2.37 bits per heavy atom. The van der Waals surface area contributed by atoms with E-state index in [9.17, 15) is 22.8 Å². The Bertz CT molecular complexity index is 871. The lowest BCUT2D eigenvalue weighted by Crippen LogP contribution is -2.46. The number of nitrogens with two attached hydrogens (primary N) is 1. The smallest absolute Gasteiger partial charge is 0.355 e. The van der Waals surface area contributed by atoms with Crippen LogP contribution in [0.1, 0.15) is 17.0 Å². The molecule has 1 fully saturated rings. The summed E-state index contributed by atoms with van der Waals surface area (Å²) >= 11 is 0. The van der Waals surface area contributed by atoms with Crippen molar-refractivity contribution in [2.45, 2.75) is 12.1 Å². The number of halogens is 3. The lowest BCUT2D eigenvalue weighted by Gasteiger charge is -2.24. The van der Waals surface area contributed by atoms with E-state index in [1.807, 2.05) is 0 Å². The van der Waals surface area contributed by atoms with Crippen molar-refractivity contribution in [3.8, 4) is 0 Å². The number of nitrogens with one attached hydrogen (secondary N) is 1. The minimum atomic E-state index is -4.45. The largest absolute Gasteiger partial charge is 0.416 e. The van der Waals surface area contributed by atoms with Crippen molar-refractivity contribution in [1.29, 1.82) is 0 Å². The first kappa shape index (κ1) is 19.3. The van der Waals surface area contributed by atoms with Crippen molar-refractivity contribution in [2.24, 2.45) is 11.8 Å². The van der Waals surface area contributed by atoms with E-state index in [4.69, 9.17) is 5.84 Å². The number of alkyl halides is 3. The molecule has 0 saturated carbocycles. The Morgan fingerprint density at radius 2 is 1.78 bits per heavy atom. The second-order valence-electron chi connectivity index (χ2n) is 6.22. The number of benzene rings is 2. The number of hydrogen-bond acceptors (Lipinski definition) is 3. The van der Waals surface area contributed by atoms with E-state index in [-0.39, 0.29) is 6.54 Å². The quantitative estimate of drug-likeness (QED) is 0.274. The van der Waals surface area contributed by atoms with Crippen LogP contribution in [0.15, 0.2) is 48.5 Å². The van der Waals surface area contributed by atoms with Crippen LogP contribution in [0.5, 0.6) is 0 Å². The highest BCUT2D eigenvalue weighted by molar-refractivity contribution is 7.28. The molecule has 9 heteroatoms. The van der Waals surface area contributed by atoms with Crippen LogP contribution in [0, 0.1) is 5.92 Å². The molecule has 3 rings (SSSR count). The summed E-state index contributed by atoms with van der Waals surface area (Å²) in [5.74, 6) is 3.11. The first-order chi connectivity index (χ1) is 12.7. The third-order valence-corrected chi connectivity index (χ3v) is 5.04. The van der Waals surface area contributed by atoms with Crippen LogP contribution >= 0.6 is 9.24 Å². The van der Waals surface area contributed by atoms with Gasteiger partial charge in [-0.15, -0.1) is 9.24 Å². The highest BCUT2D eigenvalue weighted by Gasteiger charge is 2.43. The number of nitrogens with zero attached hydrogens (tertiary/aromatic N) is 1. The van der Waals surface area contributed by atoms with E-state index in [2.05, 4.69) is 14.6 Å². The van der Waals surface area contributed by atoms with Gasteiger partial charge in [0.05, 0.1) is 11.3 Å². The van der Waals surface area contributed by atoms with Crippen LogP contribution in [0.2, 0.25) is 0 Å². The SMILES string of the molecule is NN(C(=O)C1C(=O)NCC1c1ccc(C(F)(F)F)cc1)c1ccccc1P. The molecule has 0 radical (unpaired) electrons. The molecule has 0 spiro atoms. The second kappa shape index (κ2) is 7.29. The van der Waals surface area contributed by atoms with Crippen molar-refractivity contribution < 1.29 is 22.8 Å². The first-order valence-electron chi connectivity index (χ1n) is 8.08. The van der Waals surface area contributed by atoms with E-state index in [0.29, 0.717) is 16.6 Å². The fourth-order valence-corrected chi connectivity index (χ4v) is 3.46. The predicted octanol–water partition coefficient (Wildman–Crippen LogP) is 1.94. The van der Waals surface area contributed by atoms with E-state index in [1.165, 1.54) is 12.1 Å². The average molecular weight is 395 g/mol. The third kappa shape index (κ3) is 3.82. The number of para-hydroxylation sites is 1. The molecule has 1 aliphatic heterocycles. The van der Waals surface area contributed by atoms with E-state index in [0.717, 1.165) is 17.1 Å². The molecular formula is C18H17F3N3O2P. The highest BCUT2D eigenvalue weighted by Crippen LogP contribution is 2.34. The molecule has 27 heavy (non-hydrogen) atoms. The van der Waals surface area contributed by atoms with Gasteiger partial charge in [0, 0.05) is 12.5 Å². The molecule has 2 aromatic rings. The highest BCUT2D eigenvalue weighted by atomic mass is 31.0. The third-order valence-electron chi connectivity index (χ3n) is 4.55. The second-order valence-corrected chi connectivity index (χ2v) is 6.84. The van der Waals surface area contributed by atoms with Gasteiger partial charge in [-0.1, -0.05) is 30.3 Å². The summed E-state index contributed by atoms with van der Waals surface area (Å²) in [5.41, 5.74) is 0.106. The van der Waals surface area contributed by atoms with Crippen LogP contribution in [0.4, 0.5) is 18.9 Å². The van der Waals surface area contributed by atoms with Crippen LogP contribution in [-0.2, 0) is 15.8 Å². The Labute approximate surface area is 155 Å². The zero-order valence-corrected chi connectivity index (χ0v) is 15.2. The number of hydrazine groups is 1. The summed E-state index contributed by atoms with van der Waals surface area (Å²) in [6.07, 6.45) is -4.45. The molecule has 3 atom stereocenters. The van der Waals surface area contributed by atoms with Crippen molar-refractivity contribution >= 4 is 32.0 Å². The van der Waals surface area contributed by atoms with Gasteiger partial charge in [-0.2, -0.15) is 13.2 Å². The van der Waals surface area contributed by atoms with Crippen LogP contribution in [0.25, 0.3) is 0 Å². The average Bonchev–Trinajstić information content (AvgIpc) is 3.02. The Morgan fingerprint density at radius 1 is 1.15 bits per heavy atom. The maximum absolute atomic E-state index is 12.9. The van der Waals surface area contributed by atoms with Gasteiger partial charge in [0.25, 0.3) is 5.91 Å². The molecule has 0 bridgehead atoms. The summed E-state index contributed by atoms with van der Waals surface area (Å²) in [6, 6.07) is 11.3. The lowest BCUT2D eigenvalue weighted by atomic mass is 9.87.